The van der Waals surface area contributed by atoms with Crippen molar-refractivity contribution in [2.75, 3.05) is 16.0 Å². The van der Waals surface area contributed by atoms with Crippen molar-refractivity contribution in [1.29, 1.82) is 0 Å². The Kier molecular flexibility index (Phi) is 5.93. The van der Waals surface area contributed by atoms with Gasteiger partial charge in [-0.1, -0.05) is 6.07 Å². The molecule has 12 heteroatoms. The quantitative estimate of drug-likeness (QED) is 0.287. The molecule has 0 aliphatic heterocycles. The van der Waals surface area contributed by atoms with E-state index in [1.165, 1.54) is 34.8 Å². The summed E-state index contributed by atoms with van der Waals surface area (Å²) in [4.78, 5) is 41.8. The van der Waals surface area contributed by atoms with Gasteiger partial charge in [-0.2, -0.15) is 0 Å². The first-order valence-corrected chi connectivity index (χ1v) is 12.3. The first-order chi connectivity index (χ1) is 18.8. The van der Waals surface area contributed by atoms with Crippen molar-refractivity contribution in [2.45, 2.75) is 25.7 Å². The lowest BCUT2D eigenvalue weighted by Gasteiger charge is -2.16. The molecule has 6 rings (SSSR count). The van der Waals surface area contributed by atoms with Crippen LogP contribution in [0.1, 0.15) is 25.7 Å². The molecule has 2 aliphatic carbocycles. The van der Waals surface area contributed by atoms with Crippen molar-refractivity contribution >= 4 is 40.6 Å². The highest BCUT2D eigenvalue weighted by atomic mass is 19.1. The second-order valence-electron chi connectivity index (χ2n) is 9.61. The molecule has 0 spiro atoms. The van der Waals surface area contributed by atoms with Gasteiger partial charge in [-0.3, -0.25) is 14.4 Å². The first kappa shape index (κ1) is 24.5. The van der Waals surface area contributed by atoms with Gasteiger partial charge in [0, 0.05) is 23.7 Å². The Morgan fingerprint density at radius 2 is 1.74 bits per heavy atom. The second-order valence-corrected chi connectivity index (χ2v) is 9.61. The summed E-state index contributed by atoms with van der Waals surface area (Å²) in [6.07, 6.45) is 3.89. The first-order valence-electron chi connectivity index (χ1n) is 12.3. The van der Waals surface area contributed by atoms with Gasteiger partial charge in [-0.15, -0.1) is 5.10 Å². The predicted octanol–water partition coefficient (Wildman–Crippen LogP) is 4.51. The highest BCUT2D eigenvalue weighted by Crippen LogP contribution is 2.47. The molecule has 39 heavy (non-hydrogen) atoms. The second kappa shape index (κ2) is 9.46. The van der Waals surface area contributed by atoms with Gasteiger partial charge in [0.1, 0.15) is 22.8 Å². The van der Waals surface area contributed by atoms with Gasteiger partial charge in [0.05, 0.1) is 11.9 Å². The van der Waals surface area contributed by atoms with Gasteiger partial charge in [0.25, 0.3) is 0 Å². The Morgan fingerprint density at radius 3 is 2.46 bits per heavy atom. The van der Waals surface area contributed by atoms with Gasteiger partial charge in [-0.05, 0) is 62.1 Å². The van der Waals surface area contributed by atoms with Crippen LogP contribution in [0.2, 0.25) is 0 Å². The molecule has 2 saturated carbocycles. The van der Waals surface area contributed by atoms with Gasteiger partial charge < -0.3 is 20.7 Å². The fraction of sp³-hybridized carbons (Fsp3) is 0.222. The summed E-state index contributed by atoms with van der Waals surface area (Å²) in [6, 6.07) is 12.4. The number of imidazole rings is 1. The fourth-order valence-corrected chi connectivity index (χ4v) is 4.08. The Labute approximate surface area is 220 Å². The van der Waals surface area contributed by atoms with Gasteiger partial charge in [-0.25, -0.2) is 18.3 Å². The standard InChI is InChI=1S/C27H22F2N6O4/c28-16-2-1-3-17(12-16)30-25(37)27(10-11-27)26(38)31-20-7-6-18(13-19(20)29)39-23-9-8-22-32-21(14-35(22)34-23)33-24(36)15-4-5-15/h1-3,6-9,12-15H,4-5,10-11H2,(H,30,37)(H,31,38)(H,33,36). The molecule has 0 atom stereocenters. The van der Waals surface area contributed by atoms with E-state index in [4.69, 9.17) is 4.74 Å². The molecule has 3 N–H and O–H groups in total. The average Bonchev–Trinajstić information content (AvgIpc) is 3.82. The number of ether oxygens (including phenoxy) is 1. The van der Waals surface area contributed by atoms with E-state index in [0.717, 1.165) is 25.0 Å². The maximum atomic E-state index is 14.8. The minimum Gasteiger partial charge on any atom is -0.437 e. The SMILES string of the molecule is O=C(Nc1cn2nc(Oc3ccc(NC(=O)C4(C(=O)Nc5cccc(F)c5)CC4)c(F)c3)ccc2n1)C1CC1. The van der Waals surface area contributed by atoms with Crippen molar-refractivity contribution < 1.29 is 27.9 Å². The van der Waals surface area contributed by atoms with E-state index in [-0.39, 0.29) is 47.7 Å². The maximum absolute atomic E-state index is 14.8. The summed E-state index contributed by atoms with van der Waals surface area (Å²) in [7, 11) is 0. The highest BCUT2D eigenvalue weighted by Gasteiger charge is 2.56. The van der Waals surface area contributed by atoms with E-state index in [2.05, 4.69) is 26.0 Å². The van der Waals surface area contributed by atoms with Crippen LogP contribution in [-0.4, -0.2) is 32.3 Å². The summed E-state index contributed by atoms with van der Waals surface area (Å²) >= 11 is 0. The lowest BCUT2D eigenvalue weighted by Crippen LogP contribution is -2.35. The number of fused-ring (bicyclic) bond motifs is 1. The van der Waals surface area contributed by atoms with E-state index in [1.807, 2.05) is 0 Å². The monoisotopic (exact) mass is 532 g/mol. The summed E-state index contributed by atoms with van der Waals surface area (Å²) < 4.78 is 35.4. The molecule has 2 aromatic carbocycles. The molecule has 10 nitrogen and oxygen atoms in total. The molecule has 198 valence electrons. The zero-order valence-corrected chi connectivity index (χ0v) is 20.4. The average molecular weight is 533 g/mol. The normalized spacial score (nSPS) is 15.4. The van der Waals surface area contributed by atoms with Crippen molar-refractivity contribution in [3.05, 3.63) is 72.4 Å². The molecule has 2 fully saturated rings. The van der Waals surface area contributed by atoms with Crippen LogP contribution in [0.15, 0.2) is 60.8 Å². The minimum absolute atomic E-state index is 0.0384. The number of halogens is 2. The summed E-state index contributed by atoms with van der Waals surface area (Å²) in [6.45, 7) is 0. The topological polar surface area (TPSA) is 127 Å². The lowest BCUT2D eigenvalue weighted by molar-refractivity contribution is -0.131. The third-order valence-electron chi connectivity index (χ3n) is 6.61. The van der Waals surface area contributed by atoms with Gasteiger partial charge in [0.15, 0.2) is 11.5 Å². The molecule has 4 aromatic rings. The molecule has 2 heterocycles. The molecule has 3 amide bonds. The number of aromatic nitrogens is 3. The van der Waals surface area contributed by atoms with E-state index in [0.29, 0.717) is 11.5 Å². The Hall–Kier alpha value is -4.87. The lowest BCUT2D eigenvalue weighted by atomic mass is 10.0. The molecule has 0 bridgehead atoms. The number of hydrogen-bond donors (Lipinski definition) is 3. The summed E-state index contributed by atoms with van der Waals surface area (Å²) in [5.41, 5.74) is -0.748. The van der Waals surface area contributed by atoms with Crippen LogP contribution >= 0.6 is 0 Å². The van der Waals surface area contributed by atoms with Crippen LogP contribution in [0, 0.1) is 23.0 Å². The Morgan fingerprint density at radius 1 is 0.949 bits per heavy atom. The zero-order chi connectivity index (χ0) is 27.1. The molecular formula is C27H22F2N6O4. The van der Waals surface area contributed by atoms with Gasteiger partial charge in [0.2, 0.25) is 23.6 Å². The van der Waals surface area contributed by atoms with Gasteiger partial charge >= 0.3 is 0 Å². The fourth-order valence-electron chi connectivity index (χ4n) is 4.08. The number of benzene rings is 2. The van der Waals surface area contributed by atoms with Crippen molar-refractivity contribution in [2.24, 2.45) is 11.3 Å². The molecule has 0 unspecified atom stereocenters. The number of rotatable bonds is 8. The van der Waals surface area contributed by atoms with Crippen molar-refractivity contribution in [3.8, 4) is 11.6 Å². The van der Waals surface area contributed by atoms with Crippen LogP contribution in [0.4, 0.5) is 26.0 Å². The minimum atomic E-state index is -1.35. The Balaban J connectivity index is 1.10. The largest absolute Gasteiger partial charge is 0.437 e. The summed E-state index contributed by atoms with van der Waals surface area (Å²) in [5.74, 6) is -1.89. The van der Waals surface area contributed by atoms with E-state index in [1.54, 1.807) is 18.3 Å². The van der Waals surface area contributed by atoms with E-state index in [9.17, 15) is 23.2 Å². The smallest absolute Gasteiger partial charge is 0.240 e. The molecule has 2 aromatic heterocycles. The molecule has 2 aliphatic rings. The summed E-state index contributed by atoms with van der Waals surface area (Å²) in [5, 5.41) is 12.0. The molecular weight excluding hydrogens is 510 g/mol. The van der Waals surface area contributed by atoms with Crippen molar-refractivity contribution in [3.63, 3.8) is 0 Å². The van der Waals surface area contributed by atoms with Crippen LogP contribution in [0.5, 0.6) is 11.6 Å². The van der Waals surface area contributed by atoms with E-state index < -0.39 is 28.9 Å². The zero-order valence-electron chi connectivity index (χ0n) is 20.4. The number of nitrogens with zero attached hydrogens (tertiary/aromatic N) is 3. The third-order valence-corrected chi connectivity index (χ3v) is 6.61. The number of carbonyl (C=O) groups is 3. The number of carbonyl (C=O) groups excluding carboxylic acids is 3. The van der Waals surface area contributed by atoms with Crippen LogP contribution < -0.4 is 20.7 Å². The van der Waals surface area contributed by atoms with E-state index >= 15 is 0 Å². The predicted molar refractivity (Wildman–Crippen MR) is 136 cm³/mol. The highest BCUT2D eigenvalue weighted by molar-refractivity contribution is 6.16. The Bertz CT molecular complexity index is 1630. The van der Waals surface area contributed by atoms with Crippen molar-refractivity contribution in [1.82, 2.24) is 14.6 Å². The maximum Gasteiger partial charge on any atom is 0.240 e. The number of amides is 3. The van der Waals surface area contributed by atoms with Crippen LogP contribution in [-0.2, 0) is 14.4 Å². The number of anilines is 3. The number of hydrogen-bond acceptors (Lipinski definition) is 6. The molecule has 0 radical (unpaired) electrons. The van der Waals surface area contributed by atoms with Crippen LogP contribution in [0.25, 0.3) is 5.65 Å². The molecule has 0 saturated heterocycles. The van der Waals surface area contributed by atoms with Crippen LogP contribution in [0.3, 0.4) is 0 Å². The number of nitrogens with one attached hydrogen (secondary N) is 3. The third kappa shape index (κ3) is 5.13.